The third-order valence-corrected chi connectivity index (χ3v) is 5.73. The van der Waals surface area contributed by atoms with Crippen LogP contribution in [0.4, 0.5) is 0 Å². The van der Waals surface area contributed by atoms with E-state index in [1.807, 2.05) is 35.7 Å². The molecule has 0 radical (unpaired) electrons. The Morgan fingerprint density at radius 1 is 1.16 bits per heavy atom. The molecule has 0 fully saturated rings. The molecule has 7 nitrogen and oxygen atoms in total. The Hall–Kier alpha value is -3.52. The number of furan rings is 1. The van der Waals surface area contributed by atoms with Crippen molar-refractivity contribution in [3.05, 3.63) is 82.3 Å². The van der Waals surface area contributed by atoms with Gasteiger partial charge in [0.25, 0.3) is 5.56 Å². The zero-order chi connectivity index (χ0) is 21.6. The molecular formula is C23H22N4O3S. The van der Waals surface area contributed by atoms with Gasteiger partial charge in [-0.2, -0.15) is 5.10 Å². The zero-order valence-corrected chi connectivity index (χ0v) is 17.8. The highest BCUT2D eigenvalue weighted by atomic mass is 32.1. The molecule has 0 bridgehead atoms. The van der Waals surface area contributed by atoms with Crippen LogP contribution in [0.3, 0.4) is 0 Å². The summed E-state index contributed by atoms with van der Waals surface area (Å²) in [6, 6.07) is 16.6. The Morgan fingerprint density at radius 2 is 2.00 bits per heavy atom. The van der Waals surface area contributed by atoms with E-state index in [0.29, 0.717) is 24.4 Å². The van der Waals surface area contributed by atoms with E-state index in [1.54, 1.807) is 42.7 Å². The third-order valence-electron chi connectivity index (χ3n) is 4.79. The lowest BCUT2D eigenvalue weighted by Crippen LogP contribution is -2.35. The van der Waals surface area contributed by atoms with Gasteiger partial charge < -0.3 is 9.73 Å². The van der Waals surface area contributed by atoms with Crippen LogP contribution < -0.4 is 10.9 Å². The summed E-state index contributed by atoms with van der Waals surface area (Å²) in [6.45, 7) is 2.45. The molecule has 31 heavy (non-hydrogen) atoms. The lowest BCUT2D eigenvalue weighted by atomic mass is 10.1. The van der Waals surface area contributed by atoms with Gasteiger partial charge in [-0.15, -0.1) is 11.3 Å². The highest BCUT2D eigenvalue weighted by Gasteiger charge is 2.16. The largest absolute Gasteiger partial charge is 0.463 e. The molecule has 4 rings (SSSR count). The summed E-state index contributed by atoms with van der Waals surface area (Å²) in [5.74, 6) is 0.0342. The number of rotatable bonds is 8. The van der Waals surface area contributed by atoms with Crippen LogP contribution in [0.2, 0.25) is 0 Å². The normalized spacial score (nSPS) is 11.9. The van der Waals surface area contributed by atoms with Crippen LogP contribution in [-0.2, 0) is 17.8 Å². The zero-order valence-electron chi connectivity index (χ0n) is 17.0. The van der Waals surface area contributed by atoms with Gasteiger partial charge in [0.2, 0.25) is 5.91 Å². The minimum absolute atomic E-state index is 0.129. The monoisotopic (exact) mass is 434 g/mol. The molecule has 0 aliphatic heterocycles. The third kappa shape index (κ3) is 5.16. The molecule has 0 aliphatic rings. The quantitative estimate of drug-likeness (QED) is 0.457. The number of benzene rings is 1. The number of thiazole rings is 1. The molecule has 1 unspecified atom stereocenters. The van der Waals surface area contributed by atoms with Crippen molar-refractivity contribution in [3.63, 3.8) is 0 Å². The number of nitrogens with one attached hydrogen (secondary N) is 1. The first-order valence-electron chi connectivity index (χ1n) is 10.00. The fourth-order valence-electron chi connectivity index (χ4n) is 3.10. The summed E-state index contributed by atoms with van der Waals surface area (Å²) in [6.07, 6.45) is 2.20. The Morgan fingerprint density at radius 3 is 2.77 bits per heavy atom. The molecule has 1 amide bonds. The number of hydrogen-bond acceptors (Lipinski definition) is 6. The lowest BCUT2D eigenvalue weighted by molar-refractivity contribution is -0.124. The molecule has 1 N–H and O–H groups in total. The number of nitrogens with zero attached hydrogens (tertiary/aromatic N) is 3. The van der Waals surface area contributed by atoms with Crippen LogP contribution in [0.5, 0.6) is 0 Å². The van der Waals surface area contributed by atoms with Gasteiger partial charge in [0.05, 0.1) is 24.4 Å². The van der Waals surface area contributed by atoms with Gasteiger partial charge in [-0.3, -0.25) is 9.59 Å². The van der Waals surface area contributed by atoms with Gasteiger partial charge in [-0.05, 0) is 18.2 Å². The molecule has 158 valence electrons. The van der Waals surface area contributed by atoms with Crippen molar-refractivity contribution in [1.82, 2.24) is 20.1 Å². The highest BCUT2D eigenvalue weighted by molar-refractivity contribution is 7.13. The molecular weight excluding hydrogens is 412 g/mol. The van der Waals surface area contributed by atoms with Crippen LogP contribution in [0.15, 0.2) is 75.5 Å². The van der Waals surface area contributed by atoms with E-state index in [9.17, 15) is 9.59 Å². The van der Waals surface area contributed by atoms with E-state index in [0.717, 1.165) is 16.3 Å². The fraction of sp³-hybridized carbons (Fsp3) is 0.217. The van der Waals surface area contributed by atoms with Crippen molar-refractivity contribution in [2.45, 2.75) is 19.9 Å². The van der Waals surface area contributed by atoms with Crippen molar-refractivity contribution in [2.24, 2.45) is 5.92 Å². The Kier molecular flexibility index (Phi) is 6.37. The van der Waals surface area contributed by atoms with Crippen LogP contribution >= 0.6 is 11.3 Å². The van der Waals surface area contributed by atoms with Crippen molar-refractivity contribution in [2.75, 3.05) is 6.54 Å². The average molecular weight is 435 g/mol. The fourth-order valence-corrected chi connectivity index (χ4v) is 3.96. The molecule has 4 aromatic rings. The minimum Gasteiger partial charge on any atom is -0.463 e. The maximum absolute atomic E-state index is 12.5. The molecule has 3 aromatic heterocycles. The second-order valence-corrected chi connectivity index (χ2v) is 8.03. The maximum Gasteiger partial charge on any atom is 0.266 e. The summed E-state index contributed by atoms with van der Waals surface area (Å²) in [5.41, 5.74) is 2.33. The van der Waals surface area contributed by atoms with Crippen LogP contribution in [-0.4, -0.2) is 27.2 Å². The molecule has 3 heterocycles. The lowest BCUT2D eigenvalue weighted by Gasteiger charge is -2.13. The summed E-state index contributed by atoms with van der Waals surface area (Å²) < 4.78 is 6.63. The van der Waals surface area contributed by atoms with E-state index < -0.39 is 5.92 Å². The second kappa shape index (κ2) is 9.53. The number of amides is 1. The standard InChI is InChI=1S/C23H22N4O3S/c1-16(14-27-21(28)10-9-19(26-27)20-8-5-13-30-20)22(29)24-12-11-18-15-31-23(25-18)17-6-3-2-4-7-17/h2-10,13,15-16H,11-12,14H2,1H3,(H,24,29). The van der Waals surface area contributed by atoms with Crippen LogP contribution in [0.1, 0.15) is 12.6 Å². The SMILES string of the molecule is CC(Cn1nc(-c2ccco2)ccc1=O)C(=O)NCCc1csc(-c2ccccc2)n1. The summed E-state index contributed by atoms with van der Waals surface area (Å²) in [7, 11) is 0. The van der Waals surface area contributed by atoms with Gasteiger partial charge in [-0.25, -0.2) is 9.67 Å². The van der Waals surface area contributed by atoms with Gasteiger partial charge in [-0.1, -0.05) is 37.3 Å². The highest BCUT2D eigenvalue weighted by Crippen LogP contribution is 2.23. The summed E-state index contributed by atoms with van der Waals surface area (Å²) >= 11 is 1.59. The number of hydrogen-bond donors (Lipinski definition) is 1. The number of carbonyl (C=O) groups is 1. The first kappa shape index (κ1) is 20.7. The Balaban J connectivity index is 1.31. The Labute approximate surface area is 183 Å². The van der Waals surface area contributed by atoms with Crippen molar-refractivity contribution < 1.29 is 9.21 Å². The predicted molar refractivity (Wildman–Crippen MR) is 120 cm³/mol. The average Bonchev–Trinajstić information content (AvgIpc) is 3.48. The first-order chi connectivity index (χ1) is 15.1. The van der Waals surface area contributed by atoms with Crippen molar-refractivity contribution in [3.8, 4) is 22.0 Å². The van der Waals surface area contributed by atoms with Gasteiger partial charge >= 0.3 is 0 Å². The van der Waals surface area contributed by atoms with E-state index in [4.69, 9.17) is 4.42 Å². The predicted octanol–water partition coefficient (Wildman–Crippen LogP) is 3.62. The van der Waals surface area contributed by atoms with E-state index in [1.165, 1.54) is 10.7 Å². The molecule has 8 heteroatoms. The molecule has 0 saturated heterocycles. The first-order valence-corrected chi connectivity index (χ1v) is 10.9. The van der Waals surface area contributed by atoms with E-state index in [2.05, 4.69) is 15.4 Å². The topological polar surface area (TPSA) is 90.0 Å². The molecule has 1 atom stereocenters. The van der Waals surface area contributed by atoms with Gasteiger partial charge in [0, 0.05) is 30.0 Å². The molecule has 1 aromatic carbocycles. The van der Waals surface area contributed by atoms with Crippen molar-refractivity contribution in [1.29, 1.82) is 0 Å². The minimum atomic E-state index is -0.410. The van der Waals surface area contributed by atoms with Crippen molar-refractivity contribution >= 4 is 17.2 Å². The Bertz CT molecular complexity index is 1200. The van der Waals surface area contributed by atoms with Gasteiger partial charge in [0.15, 0.2) is 5.76 Å². The van der Waals surface area contributed by atoms with Crippen LogP contribution in [0.25, 0.3) is 22.0 Å². The second-order valence-electron chi connectivity index (χ2n) is 7.17. The van der Waals surface area contributed by atoms with Gasteiger partial charge in [0.1, 0.15) is 10.7 Å². The molecule has 0 spiro atoms. The molecule has 0 aliphatic carbocycles. The van der Waals surface area contributed by atoms with E-state index >= 15 is 0 Å². The van der Waals surface area contributed by atoms with E-state index in [-0.39, 0.29) is 18.0 Å². The van der Waals surface area contributed by atoms with Crippen LogP contribution in [0, 0.1) is 5.92 Å². The number of aromatic nitrogens is 3. The number of carbonyl (C=O) groups excluding carboxylic acids is 1. The molecule has 0 saturated carbocycles. The smallest absolute Gasteiger partial charge is 0.266 e. The summed E-state index contributed by atoms with van der Waals surface area (Å²) in [5, 5.41) is 10.2. The summed E-state index contributed by atoms with van der Waals surface area (Å²) in [4.78, 5) is 29.3. The maximum atomic E-state index is 12.5.